The molecular weight excluding hydrogens is 462 g/mol. The van der Waals surface area contributed by atoms with Crippen molar-refractivity contribution in [3.8, 4) is 34.0 Å². The molecule has 176 valence electrons. The van der Waals surface area contributed by atoms with Gasteiger partial charge in [-0.15, -0.1) is 10.2 Å². The van der Waals surface area contributed by atoms with Crippen LogP contribution in [0, 0.1) is 6.92 Å². The van der Waals surface area contributed by atoms with Gasteiger partial charge in [-0.3, -0.25) is 0 Å². The number of tetrazole rings is 1. The van der Waals surface area contributed by atoms with Crippen molar-refractivity contribution >= 4 is 17.2 Å². The second kappa shape index (κ2) is 9.11. The zero-order valence-corrected chi connectivity index (χ0v) is 20.0. The van der Waals surface area contributed by atoms with Gasteiger partial charge in [0, 0.05) is 22.7 Å². The van der Waals surface area contributed by atoms with Crippen LogP contribution in [0.15, 0.2) is 54.9 Å². The number of nitrogens with zero attached hydrogens (tertiary/aromatic N) is 6. The number of aromatic nitrogens is 7. The molecule has 8 nitrogen and oxygen atoms in total. The normalized spacial score (nSPS) is 14.5. The highest BCUT2D eigenvalue weighted by Crippen LogP contribution is 2.39. The summed E-state index contributed by atoms with van der Waals surface area (Å²) in [6.07, 6.45) is 9.71. The quantitative estimate of drug-likeness (QED) is 0.310. The van der Waals surface area contributed by atoms with Gasteiger partial charge in [0.2, 0.25) is 5.82 Å². The van der Waals surface area contributed by atoms with Crippen LogP contribution >= 0.6 is 11.6 Å². The van der Waals surface area contributed by atoms with Crippen molar-refractivity contribution in [1.29, 1.82) is 0 Å². The van der Waals surface area contributed by atoms with Crippen molar-refractivity contribution in [2.24, 2.45) is 0 Å². The van der Waals surface area contributed by atoms with Crippen molar-refractivity contribution in [2.75, 3.05) is 0 Å². The highest BCUT2D eigenvalue weighted by Gasteiger charge is 2.25. The first kappa shape index (κ1) is 21.7. The number of halogens is 1. The van der Waals surface area contributed by atoms with E-state index in [-0.39, 0.29) is 0 Å². The van der Waals surface area contributed by atoms with Gasteiger partial charge in [-0.05, 0) is 60.4 Å². The molecule has 35 heavy (non-hydrogen) atoms. The number of ether oxygens (including phenoxy) is 1. The molecule has 0 spiro atoms. The van der Waals surface area contributed by atoms with Crippen LogP contribution in [0.2, 0.25) is 5.02 Å². The lowest BCUT2D eigenvalue weighted by molar-refractivity contribution is 0.431. The summed E-state index contributed by atoms with van der Waals surface area (Å²) < 4.78 is 8.07. The first-order valence-corrected chi connectivity index (χ1v) is 12.2. The number of hydrogen-bond donors (Lipinski definition) is 1. The van der Waals surface area contributed by atoms with E-state index < -0.39 is 0 Å². The monoisotopic (exact) mass is 485 g/mol. The average molecular weight is 486 g/mol. The van der Waals surface area contributed by atoms with Gasteiger partial charge >= 0.3 is 0 Å². The lowest BCUT2D eigenvalue weighted by atomic mass is 9.84. The number of aryl methyl sites for hydroxylation is 1. The fraction of sp³-hybridized carbons (Fsp3) is 0.269. The van der Waals surface area contributed by atoms with E-state index in [1.54, 1.807) is 6.20 Å². The van der Waals surface area contributed by atoms with Crippen molar-refractivity contribution in [3.63, 3.8) is 0 Å². The number of aromatic amines is 1. The smallest absolute Gasteiger partial charge is 0.210 e. The Labute approximate surface area is 207 Å². The molecule has 1 N–H and O–H groups in total. The SMILES string of the molecule is Cc1ccc(Cl)cc1Oc1ccc(-c2cnc3c(-c4nn[nH]n4)cnn3c2C2CCCCC2)cc1. The second-order valence-electron chi connectivity index (χ2n) is 8.96. The summed E-state index contributed by atoms with van der Waals surface area (Å²) in [5.74, 6) is 2.41. The maximum atomic E-state index is 6.15. The van der Waals surface area contributed by atoms with Crippen LogP contribution in [-0.4, -0.2) is 35.2 Å². The molecule has 1 aliphatic carbocycles. The number of rotatable bonds is 5. The highest BCUT2D eigenvalue weighted by molar-refractivity contribution is 6.30. The maximum absolute atomic E-state index is 6.15. The van der Waals surface area contributed by atoms with Gasteiger partial charge in [-0.1, -0.05) is 49.1 Å². The highest BCUT2D eigenvalue weighted by atomic mass is 35.5. The van der Waals surface area contributed by atoms with Gasteiger partial charge in [0.1, 0.15) is 11.5 Å². The Morgan fingerprint density at radius 2 is 1.83 bits per heavy atom. The molecule has 6 rings (SSSR count). The van der Waals surface area contributed by atoms with Crippen LogP contribution in [0.1, 0.15) is 49.3 Å². The maximum Gasteiger partial charge on any atom is 0.210 e. The van der Waals surface area contributed by atoms with E-state index in [1.807, 2.05) is 48.0 Å². The molecular formula is C26H24ClN7O. The van der Waals surface area contributed by atoms with Gasteiger partial charge in [0.05, 0.1) is 17.5 Å². The fourth-order valence-corrected chi connectivity index (χ4v) is 5.05. The molecule has 5 aromatic rings. The zero-order chi connectivity index (χ0) is 23.8. The van der Waals surface area contributed by atoms with Crippen LogP contribution in [0.25, 0.3) is 28.2 Å². The zero-order valence-electron chi connectivity index (χ0n) is 19.3. The minimum absolute atomic E-state index is 0.410. The molecule has 1 saturated carbocycles. The van der Waals surface area contributed by atoms with E-state index >= 15 is 0 Å². The predicted octanol–water partition coefficient (Wildman–Crippen LogP) is 6.38. The third kappa shape index (κ3) is 4.14. The van der Waals surface area contributed by atoms with Crippen LogP contribution in [0.4, 0.5) is 0 Å². The van der Waals surface area contributed by atoms with Crippen LogP contribution in [0.3, 0.4) is 0 Å². The molecule has 1 fully saturated rings. The number of fused-ring (bicyclic) bond motifs is 1. The van der Waals surface area contributed by atoms with E-state index in [9.17, 15) is 0 Å². The number of benzene rings is 2. The molecule has 0 saturated heterocycles. The summed E-state index contributed by atoms with van der Waals surface area (Å²) in [6.45, 7) is 2.00. The molecule has 0 aliphatic heterocycles. The number of H-pyrrole nitrogens is 1. The van der Waals surface area contributed by atoms with E-state index in [0.717, 1.165) is 52.2 Å². The van der Waals surface area contributed by atoms with E-state index in [4.69, 9.17) is 26.4 Å². The van der Waals surface area contributed by atoms with Crippen LogP contribution in [0.5, 0.6) is 11.5 Å². The topological polar surface area (TPSA) is 93.9 Å². The molecule has 2 aromatic carbocycles. The lowest BCUT2D eigenvalue weighted by Gasteiger charge is -2.25. The Bertz CT molecular complexity index is 1470. The Balaban J connectivity index is 1.40. The van der Waals surface area contributed by atoms with E-state index in [0.29, 0.717) is 16.8 Å². The minimum atomic E-state index is 0.410. The minimum Gasteiger partial charge on any atom is -0.457 e. The summed E-state index contributed by atoms with van der Waals surface area (Å²) >= 11 is 6.15. The van der Waals surface area contributed by atoms with Gasteiger partial charge in [-0.2, -0.15) is 10.3 Å². The molecule has 9 heteroatoms. The van der Waals surface area contributed by atoms with Crippen molar-refractivity contribution < 1.29 is 4.74 Å². The largest absolute Gasteiger partial charge is 0.457 e. The molecule has 0 bridgehead atoms. The van der Waals surface area contributed by atoms with Crippen molar-refractivity contribution in [2.45, 2.75) is 44.9 Å². The summed E-state index contributed by atoms with van der Waals surface area (Å²) in [5, 5.41) is 19.8. The molecule has 0 atom stereocenters. The third-order valence-electron chi connectivity index (χ3n) is 6.69. The fourth-order valence-electron chi connectivity index (χ4n) is 4.89. The lowest BCUT2D eigenvalue weighted by Crippen LogP contribution is -2.12. The molecule has 1 aliphatic rings. The second-order valence-corrected chi connectivity index (χ2v) is 9.39. The molecule has 0 unspecified atom stereocenters. The number of nitrogens with one attached hydrogen (secondary N) is 1. The van der Waals surface area contributed by atoms with Gasteiger partial charge in [0.15, 0.2) is 5.65 Å². The van der Waals surface area contributed by atoms with Crippen LogP contribution < -0.4 is 4.74 Å². The molecule has 0 radical (unpaired) electrons. The molecule has 3 aromatic heterocycles. The summed E-state index contributed by atoms with van der Waals surface area (Å²) in [7, 11) is 0. The van der Waals surface area contributed by atoms with Crippen molar-refractivity contribution in [3.05, 3.63) is 71.1 Å². The summed E-state index contributed by atoms with van der Waals surface area (Å²) in [4.78, 5) is 4.77. The standard InChI is InChI=1S/C26H24ClN7O/c1-16-7-10-19(27)13-23(16)35-20-11-8-17(9-12-20)21-14-28-26-22(25-30-32-33-31-25)15-29-34(26)24(21)18-5-3-2-4-6-18/h7-15,18H,2-6H2,1H3,(H,30,31,32,33). The van der Waals surface area contributed by atoms with Crippen molar-refractivity contribution in [1.82, 2.24) is 35.2 Å². The Morgan fingerprint density at radius 3 is 2.60 bits per heavy atom. The average Bonchev–Trinajstić information content (AvgIpc) is 3.57. The first-order chi connectivity index (χ1) is 17.2. The van der Waals surface area contributed by atoms with E-state index in [2.05, 4.69) is 32.8 Å². The van der Waals surface area contributed by atoms with Gasteiger partial charge in [-0.25, -0.2) is 9.50 Å². The predicted molar refractivity (Wildman–Crippen MR) is 134 cm³/mol. The Morgan fingerprint density at radius 1 is 1.00 bits per heavy atom. The summed E-state index contributed by atoms with van der Waals surface area (Å²) in [5.41, 5.74) is 5.88. The van der Waals surface area contributed by atoms with Gasteiger partial charge in [0.25, 0.3) is 0 Å². The van der Waals surface area contributed by atoms with Crippen LogP contribution in [-0.2, 0) is 0 Å². The molecule has 0 amide bonds. The number of hydrogen-bond acceptors (Lipinski definition) is 6. The summed E-state index contributed by atoms with van der Waals surface area (Å²) in [6, 6.07) is 13.8. The Hall–Kier alpha value is -3.78. The Kier molecular flexibility index (Phi) is 5.66. The van der Waals surface area contributed by atoms with E-state index in [1.165, 1.54) is 25.0 Å². The van der Waals surface area contributed by atoms with Gasteiger partial charge < -0.3 is 4.74 Å². The molecule has 3 heterocycles. The third-order valence-corrected chi connectivity index (χ3v) is 6.92. The first-order valence-electron chi connectivity index (χ1n) is 11.8.